The second-order valence-corrected chi connectivity index (χ2v) is 4.29. The van der Waals surface area contributed by atoms with Gasteiger partial charge < -0.3 is 16.2 Å². The predicted octanol–water partition coefficient (Wildman–Crippen LogP) is 2.10. The second kappa shape index (κ2) is 6.37. The molecule has 1 rings (SSSR count). The Balaban J connectivity index is 2.77. The topological polar surface area (TPSA) is 92.4 Å². The molecule has 0 fully saturated rings. The van der Waals surface area contributed by atoms with E-state index in [2.05, 4.69) is 5.32 Å². The number of halogens is 1. The van der Waals surface area contributed by atoms with Crippen molar-refractivity contribution in [1.82, 2.24) is 0 Å². The van der Waals surface area contributed by atoms with Crippen molar-refractivity contribution < 1.29 is 14.7 Å². The molecule has 0 aromatic heterocycles. The van der Waals surface area contributed by atoms with Crippen LogP contribution in [0, 0.1) is 0 Å². The molecule has 1 atom stereocenters. The highest BCUT2D eigenvalue weighted by atomic mass is 35.5. The average Bonchev–Trinajstić information content (AvgIpc) is 2.28. The summed E-state index contributed by atoms with van der Waals surface area (Å²) < 4.78 is 0. The number of carbonyl (C=O) groups is 2. The molecule has 0 spiro atoms. The number of anilines is 1. The first-order valence-corrected chi connectivity index (χ1v) is 5.92. The van der Waals surface area contributed by atoms with Crippen molar-refractivity contribution in [1.29, 1.82) is 0 Å². The summed E-state index contributed by atoms with van der Waals surface area (Å²) in [7, 11) is 0. The molecular formula is C12H15ClN2O3. The van der Waals surface area contributed by atoms with Gasteiger partial charge in [-0.05, 0) is 24.6 Å². The predicted molar refractivity (Wildman–Crippen MR) is 69.9 cm³/mol. The first kappa shape index (κ1) is 14.5. The fourth-order valence-electron chi connectivity index (χ4n) is 1.44. The highest BCUT2D eigenvalue weighted by molar-refractivity contribution is 6.33. The molecule has 5 nitrogen and oxygen atoms in total. The second-order valence-electron chi connectivity index (χ2n) is 3.88. The summed E-state index contributed by atoms with van der Waals surface area (Å²) in [4.78, 5) is 22.4. The van der Waals surface area contributed by atoms with Gasteiger partial charge in [0.05, 0.1) is 16.6 Å². The number of amides is 1. The van der Waals surface area contributed by atoms with Crippen molar-refractivity contribution in [2.24, 2.45) is 5.73 Å². The average molecular weight is 271 g/mol. The molecule has 98 valence electrons. The van der Waals surface area contributed by atoms with Gasteiger partial charge in [-0.1, -0.05) is 24.9 Å². The van der Waals surface area contributed by atoms with E-state index in [0.29, 0.717) is 12.1 Å². The van der Waals surface area contributed by atoms with E-state index < -0.39 is 12.0 Å². The normalized spacial score (nSPS) is 11.9. The molecule has 0 aliphatic carbocycles. The number of nitrogens with one attached hydrogen (secondary N) is 1. The van der Waals surface area contributed by atoms with E-state index in [9.17, 15) is 9.59 Å². The van der Waals surface area contributed by atoms with Crippen LogP contribution in [0.5, 0.6) is 0 Å². The van der Waals surface area contributed by atoms with Gasteiger partial charge in [0.2, 0.25) is 5.91 Å². The minimum absolute atomic E-state index is 0.00692. The minimum Gasteiger partial charge on any atom is -0.478 e. The molecule has 0 saturated heterocycles. The maximum absolute atomic E-state index is 11.6. The van der Waals surface area contributed by atoms with Crippen LogP contribution in [0.1, 0.15) is 30.1 Å². The standard InChI is InChI=1S/C12H15ClN2O3/c1-2-3-10(14)11(16)15-7-4-5-8(12(17)18)9(13)6-7/h4-6,10H,2-3,14H2,1H3,(H,15,16)(H,17,18). The Morgan fingerprint density at radius 1 is 1.50 bits per heavy atom. The SMILES string of the molecule is CCCC(N)C(=O)Nc1ccc(C(=O)O)c(Cl)c1. The zero-order valence-corrected chi connectivity index (χ0v) is 10.7. The Kier molecular flexibility index (Phi) is 5.12. The first-order chi connectivity index (χ1) is 8.45. The Hall–Kier alpha value is -1.59. The number of hydrogen-bond acceptors (Lipinski definition) is 3. The van der Waals surface area contributed by atoms with E-state index in [1.54, 1.807) is 0 Å². The van der Waals surface area contributed by atoms with Crippen LogP contribution in [0.15, 0.2) is 18.2 Å². The van der Waals surface area contributed by atoms with Gasteiger partial charge in [-0.15, -0.1) is 0 Å². The summed E-state index contributed by atoms with van der Waals surface area (Å²) in [6.07, 6.45) is 1.40. The van der Waals surface area contributed by atoms with Crippen molar-refractivity contribution in [3.05, 3.63) is 28.8 Å². The molecule has 0 aliphatic rings. The number of carboxylic acids is 1. The monoisotopic (exact) mass is 270 g/mol. The maximum Gasteiger partial charge on any atom is 0.337 e. The lowest BCUT2D eigenvalue weighted by Gasteiger charge is -2.11. The molecule has 18 heavy (non-hydrogen) atoms. The highest BCUT2D eigenvalue weighted by Crippen LogP contribution is 2.21. The largest absolute Gasteiger partial charge is 0.478 e. The molecule has 1 unspecified atom stereocenters. The third-order valence-electron chi connectivity index (χ3n) is 2.40. The molecule has 0 heterocycles. The molecule has 1 aromatic carbocycles. The van der Waals surface area contributed by atoms with E-state index in [-0.39, 0.29) is 16.5 Å². The molecular weight excluding hydrogens is 256 g/mol. The van der Waals surface area contributed by atoms with Crippen LogP contribution in [-0.4, -0.2) is 23.0 Å². The number of carboxylic acid groups (broad SMARTS) is 1. The zero-order chi connectivity index (χ0) is 13.7. The summed E-state index contributed by atoms with van der Waals surface area (Å²) in [5.74, 6) is -1.42. The lowest BCUT2D eigenvalue weighted by molar-refractivity contribution is -0.117. The Bertz CT molecular complexity index is 463. The smallest absolute Gasteiger partial charge is 0.337 e. The Labute approximate surface area is 110 Å². The molecule has 4 N–H and O–H groups in total. The number of aromatic carboxylic acids is 1. The fourth-order valence-corrected chi connectivity index (χ4v) is 1.70. The Morgan fingerprint density at radius 2 is 2.17 bits per heavy atom. The molecule has 0 bridgehead atoms. The summed E-state index contributed by atoms with van der Waals surface area (Å²) >= 11 is 5.79. The van der Waals surface area contributed by atoms with Crippen molar-refractivity contribution in [2.45, 2.75) is 25.8 Å². The summed E-state index contributed by atoms with van der Waals surface area (Å²) in [5, 5.41) is 11.5. The van der Waals surface area contributed by atoms with Crippen molar-refractivity contribution >= 4 is 29.2 Å². The molecule has 0 radical (unpaired) electrons. The summed E-state index contributed by atoms with van der Waals surface area (Å²) in [6.45, 7) is 1.94. The minimum atomic E-state index is -1.11. The van der Waals surface area contributed by atoms with Crippen LogP contribution < -0.4 is 11.1 Å². The highest BCUT2D eigenvalue weighted by Gasteiger charge is 2.14. The van der Waals surface area contributed by atoms with Gasteiger partial charge in [-0.2, -0.15) is 0 Å². The Morgan fingerprint density at radius 3 is 2.67 bits per heavy atom. The molecule has 6 heteroatoms. The van der Waals surface area contributed by atoms with Crippen LogP contribution in [0.2, 0.25) is 5.02 Å². The molecule has 1 amide bonds. The van der Waals surface area contributed by atoms with E-state index >= 15 is 0 Å². The lowest BCUT2D eigenvalue weighted by atomic mass is 10.1. The number of benzene rings is 1. The van der Waals surface area contributed by atoms with Crippen LogP contribution >= 0.6 is 11.6 Å². The van der Waals surface area contributed by atoms with Crippen LogP contribution in [0.25, 0.3) is 0 Å². The van der Waals surface area contributed by atoms with E-state index in [1.807, 2.05) is 6.92 Å². The maximum atomic E-state index is 11.6. The van der Waals surface area contributed by atoms with Crippen molar-refractivity contribution in [2.75, 3.05) is 5.32 Å². The zero-order valence-electron chi connectivity index (χ0n) is 9.94. The van der Waals surface area contributed by atoms with Gasteiger partial charge in [0.15, 0.2) is 0 Å². The van der Waals surface area contributed by atoms with Crippen molar-refractivity contribution in [3.8, 4) is 0 Å². The van der Waals surface area contributed by atoms with Gasteiger partial charge in [-0.3, -0.25) is 4.79 Å². The van der Waals surface area contributed by atoms with Gasteiger partial charge in [0.25, 0.3) is 0 Å². The number of hydrogen-bond donors (Lipinski definition) is 3. The molecule has 0 saturated carbocycles. The van der Waals surface area contributed by atoms with Gasteiger partial charge >= 0.3 is 5.97 Å². The van der Waals surface area contributed by atoms with Gasteiger partial charge in [0.1, 0.15) is 0 Å². The number of carbonyl (C=O) groups excluding carboxylic acids is 1. The van der Waals surface area contributed by atoms with Crippen LogP contribution in [-0.2, 0) is 4.79 Å². The van der Waals surface area contributed by atoms with E-state index in [1.165, 1.54) is 18.2 Å². The third-order valence-corrected chi connectivity index (χ3v) is 2.72. The van der Waals surface area contributed by atoms with Crippen LogP contribution in [0.4, 0.5) is 5.69 Å². The van der Waals surface area contributed by atoms with E-state index in [4.69, 9.17) is 22.4 Å². The quantitative estimate of drug-likeness (QED) is 0.764. The molecule has 0 aliphatic heterocycles. The van der Waals surface area contributed by atoms with E-state index in [0.717, 1.165) is 6.42 Å². The van der Waals surface area contributed by atoms with Gasteiger partial charge in [-0.25, -0.2) is 4.79 Å². The number of nitrogens with two attached hydrogens (primary N) is 1. The summed E-state index contributed by atoms with van der Waals surface area (Å²) in [6, 6.07) is 3.63. The van der Waals surface area contributed by atoms with Crippen molar-refractivity contribution in [3.63, 3.8) is 0 Å². The fraction of sp³-hybridized carbons (Fsp3) is 0.333. The summed E-state index contributed by atoms with van der Waals surface area (Å²) in [5.41, 5.74) is 6.08. The van der Waals surface area contributed by atoms with Gasteiger partial charge in [0, 0.05) is 5.69 Å². The lowest BCUT2D eigenvalue weighted by Crippen LogP contribution is -2.35. The number of rotatable bonds is 5. The van der Waals surface area contributed by atoms with Crippen LogP contribution in [0.3, 0.4) is 0 Å². The molecule has 1 aromatic rings. The first-order valence-electron chi connectivity index (χ1n) is 5.55. The third kappa shape index (κ3) is 3.72.